The van der Waals surface area contributed by atoms with Gasteiger partial charge in [-0.15, -0.1) is 0 Å². The molecule has 136 valence electrons. The Labute approximate surface area is 163 Å². The van der Waals surface area contributed by atoms with Crippen LogP contribution in [-0.4, -0.2) is 10.8 Å². The van der Waals surface area contributed by atoms with Crippen molar-refractivity contribution in [2.75, 3.05) is 0 Å². The third-order valence-corrected chi connectivity index (χ3v) is 4.70. The van der Waals surface area contributed by atoms with Crippen LogP contribution in [0.2, 0.25) is 0 Å². The normalized spacial score (nSPS) is 11.2. The van der Waals surface area contributed by atoms with Gasteiger partial charge in [-0.25, -0.2) is 0 Å². The third-order valence-electron chi connectivity index (χ3n) is 4.70. The molecule has 1 N–H and O–H groups in total. The van der Waals surface area contributed by atoms with Crippen molar-refractivity contribution in [3.8, 4) is 11.1 Å². The van der Waals surface area contributed by atoms with Crippen LogP contribution < -0.4 is 5.56 Å². The maximum Gasteiger partial charge on any atom is 0.260 e. The molecule has 1 aromatic heterocycles. The Morgan fingerprint density at radius 2 is 1.64 bits per heavy atom. The molecule has 1 heterocycles. The van der Waals surface area contributed by atoms with Crippen molar-refractivity contribution in [2.24, 2.45) is 0 Å². The summed E-state index contributed by atoms with van der Waals surface area (Å²) in [5.41, 5.74) is 4.04. The molecule has 0 fully saturated rings. The molecule has 0 unspecified atom stereocenters. The van der Waals surface area contributed by atoms with E-state index in [1.807, 2.05) is 85.8 Å². The molecule has 0 radical (unpaired) electrons. The summed E-state index contributed by atoms with van der Waals surface area (Å²) in [7, 11) is 0. The second-order valence-corrected chi connectivity index (χ2v) is 6.73. The van der Waals surface area contributed by atoms with Gasteiger partial charge in [0.2, 0.25) is 0 Å². The molecule has 3 aromatic carbocycles. The highest BCUT2D eigenvalue weighted by atomic mass is 16.1. The van der Waals surface area contributed by atoms with Crippen molar-refractivity contribution in [1.29, 1.82) is 0 Å². The van der Waals surface area contributed by atoms with Crippen LogP contribution in [0.25, 0.3) is 28.1 Å². The van der Waals surface area contributed by atoms with E-state index in [2.05, 4.69) is 4.98 Å². The lowest BCUT2D eigenvalue weighted by atomic mass is 9.94. The lowest BCUT2D eigenvalue weighted by Crippen LogP contribution is -2.18. The molecular formula is C25H19NO2. The molecule has 0 amide bonds. The number of para-hydroxylation sites is 1. The van der Waals surface area contributed by atoms with Gasteiger partial charge < -0.3 is 4.98 Å². The van der Waals surface area contributed by atoms with E-state index in [0.29, 0.717) is 11.1 Å². The maximum absolute atomic E-state index is 13.1. The Morgan fingerprint density at radius 3 is 2.43 bits per heavy atom. The zero-order chi connectivity index (χ0) is 19.5. The fourth-order valence-corrected chi connectivity index (χ4v) is 3.41. The topological polar surface area (TPSA) is 49.9 Å². The summed E-state index contributed by atoms with van der Waals surface area (Å²) in [6, 6.07) is 25.0. The summed E-state index contributed by atoms with van der Waals surface area (Å²) >= 11 is 0. The van der Waals surface area contributed by atoms with Crippen LogP contribution in [0.1, 0.15) is 21.5 Å². The number of aryl methyl sites for hydroxylation is 1. The summed E-state index contributed by atoms with van der Waals surface area (Å²) in [6.07, 6.45) is 3.22. The summed E-state index contributed by atoms with van der Waals surface area (Å²) < 4.78 is 0. The minimum atomic E-state index is -0.378. The number of rotatable bonds is 4. The first-order valence-electron chi connectivity index (χ1n) is 9.13. The first-order valence-corrected chi connectivity index (χ1v) is 9.13. The smallest absolute Gasteiger partial charge is 0.260 e. The number of hydrogen-bond acceptors (Lipinski definition) is 2. The average molecular weight is 365 g/mol. The van der Waals surface area contributed by atoms with Gasteiger partial charge in [-0.3, -0.25) is 9.59 Å². The fourth-order valence-electron chi connectivity index (χ4n) is 3.41. The van der Waals surface area contributed by atoms with E-state index in [1.54, 1.807) is 6.08 Å². The number of carbonyl (C=O) groups excluding carboxylic acids is 1. The second kappa shape index (κ2) is 7.49. The highest BCUT2D eigenvalue weighted by Gasteiger charge is 2.18. The molecule has 0 saturated heterocycles. The summed E-state index contributed by atoms with van der Waals surface area (Å²) in [5, 5.41) is 0.848. The van der Waals surface area contributed by atoms with Crippen LogP contribution in [0.3, 0.4) is 0 Å². The van der Waals surface area contributed by atoms with Crippen molar-refractivity contribution in [1.82, 2.24) is 4.98 Å². The van der Waals surface area contributed by atoms with Crippen LogP contribution in [0.5, 0.6) is 0 Å². The Hall–Kier alpha value is -3.72. The largest absolute Gasteiger partial charge is 0.321 e. The molecule has 0 bridgehead atoms. The molecule has 4 aromatic rings. The minimum Gasteiger partial charge on any atom is -0.321 e. The quantitative estimate of drug-likeness (QED) is 0.389. The summed E-state index contributed by atoms with van der Waals surface area (Å²) in [6.45, 7) is 2.00. The van der Waals surface area contributed by atoms with Gasteiger partial charge >= 0.3 is 0 Å². The van der Waals surface area contributed by atoms with Gasteiger partial charge in [0, 0.05) is 16.5 Å². The molecule has 4 rings (SSSR count). The SMILES string of the molecule is Cc1cccc(C=CC(=O)c2c(-c3ccccc3)c3ccccc3[nH]c2=O)c1. The molecule has 28 heavy (non-hydrogen) atoms. The summed E-state index contributed by atoms with van der Waals surface area (Å²) in [5.74, 6) is -0.313. The Bertz CT molecular complexity index is 1250. The van der Waals surface area contributed by atoms with Crippen molar-refractivity contribution < 1.29 is 4.79 Å². The van der Waals surface area contributed by atoms with Gasteiger partial charge in [-0.05, 0) is 30.2 Å². The van der Waals surface area contributed by atoms with Crippen LogP contribution in [-0.2, 0) is 0 Å². The number of hydrogen-bond donors (Lipinski definition) is 1. The number of allylic oxidation sites excluding steroid dienone is 1. The number of carbonyl (C=O) groups is 1. The van der Waals surface area contributed by atoms with E-state index in [0.717, 1.165) is 22.1 Å². The number of nitrogens with one attached hydrogen (secondary N) is 1. The molecular weight excluding hydrogens is 346 g/mol. The molecule has 3 heteroatoms. The highest BCUT2D eigenvalue weighted by Crippen LogP contribution is 2.29. The zero-order valence-corrected chi connectivity index (χ0v) is 15.5. The number of aromatic amines is 1. The van der Waals surface area contributed by atoms with Crippen LogP contribution in [0, 0.1) is 6.92 Å². The lowest BCUT2D eigenvalue weighted by Gasteiger charge is -2.11. The standard InChI is InChI=1S/C25H19NO2/c1-17-8-7-9-18(16-17)14-15-22(27)24-23(19-10-3-2-4-11-19)20-12-5-6-13-21(20)26-25(24)28/h2-16H,1H3,(H,26,28). The molecule has 3 nitrogen and oxygen atoms in total. The van der Waals surface area contributed by atoms with Crippen molar-refractivity contribution >= 4 is 22.8 Å². The molecule has 0 aliphatic heterocycles. The number of pyridine rings is 1. The Kier molecular flexibility index (Phi) is 4.73. The van der Waals surface area contributed by atoms with E-state index in [4.69, 9.17) is 0 Å². The minimum absolute atomic E-state index is 0.161. The second-order valence-electron chi connectivity index (χ2n) is 6.73. The van der Waals surface area contributed by atoms with Gasteiger partial charge in [0.05, 0.1) is 5.56 Å². The van der Waals surface area contributed by atoms with Gasteiger partial charge in [0.1, 0.15) is 0 Å². The van der Waals surface area contributed by atoms with Gasteiger partial charge in [0.15, 0.2) is 5.78 Å². The highest BCUT2D eigenvalue weighted by molar-refractivity contribution is 6.15. The summed E-state index contributed by atoms with van der Waals surface area (Å²) in [4.78, 5) is 28.7. The van der Waals surface area contributed by atoms with Crippen LogP contribution in [0.4, 0.5) is 0 Å². The number of benzene rings is 3. The van der Waals surface area contributed by atoms with Gasteiger partial charge in [0.25, 0.3) is 5.56 Å². The van der Waals surface area contributed by atoms with E-state index in [1.165, 1.54) is 6.08 Å². The van der Waals surface area contributed by atoms with Crippen molar-refractivity contribution in [3.05, 3.63) is 112 Å². The number of aromatic nitrogens is 1. The first-order chi connectivity index (χ1) is 13.6. The number of fused-ring (bicyclic) bond motifs is 1. The maximum atomic E-state index is 13.1. The van der Waals surface area contributed by atoms with Crippen molar-refractivity contribution in [3.63, 3.8) is 0 Å². The van der Waals surface area contributed by atoms with Crippen LogP contribution >= 0.6 is 0 Å². The number of H-pyrrole nitrogens is 1. The van der Waals surface area contributed by atoms with E-state index in [9.17, 15) is 9.59 Å². The predicted octanol–water partition coefficient (Wildman–Crippen LogP) is 5.40. The predicted molar refractivity (Wildman–Crippen MR) is 115 cm³/mol. The zero-order valence-electron chi connectivity index (χ0n) is 15.5. The van der Waals surface area contributed by atoms with E-state index >= 15 is 0 Å². The number of ketones is 1. The Morgan fingerprint density at radius 1 is 0.893 bits per heavy atom. The molecule has 0 saturated carbocycles. The van der Waals surface area contributed by atoms with E-state index < -0.39 is 0 Å². The Balaban J connectivity index is 1.90. The molecule has 0 aliphatic rings. The van der Waals surface area contributed by atoms with Crippen LogP contribution in [0.15, 0.2) is 89.7 Å². The van der Waals surface area contributed by atoms with Gasteiger partial charge in [-0.1, -0.05) is 84.4 Å². The first kappa shape index (κ1) is 17.7. The average Bonchev–Trinajstić information content (AvgIpc) is 2.71. The fraction of sp³-hybridized carbons (Fsp3) is 0.0400. The lowest BCUT2D eigenvalue weighted by molar-refractivity contribution is 0.104. The molecule has 0 spiro atoms. The third kappa shape index (κ3) is 3.42. The van der Waals surface area contributed by atoms with E-state index in [-0.39, 0.29) is 16.9 Å². The monoisotopic (exact) mass is 365 g/mol. The van der Waals surface area contributed by atoms with Crippen molar-refractivity contribution in [2.45, 2.75) is 6.92 Å². The molecule has 0 aliphatic carbocycles. The van der Waals surface area contributed by atoms with Gasteiger partial charge in [-0.2, -0.15) is 0 Å². The molecule has 0 atom stereocenters.